The van der Waals surface area contributed by atoms with Gasteiger partial charge in [0.15, 0.2) is 0 Å². The fourth-order valence-electron chi connectivity index (χ4n) is 2.81. The summed E-state index contributed by atoms with van der Waals surface area (Å²) in [6.45, 7) is 5.28. The number of fused-ring (bicyclic) bond motifs is 1. The van der Waals surface area contributed by atoms with Gasteiger partial charge in [-0.1, -0.05) is 18.2 Å². The fraction of sp³-hybridized carbons (Fsp3) is 0.533. The molecule has 1 fully saturated rings. The average molecular weight is 275 g/mol. The molecule has 0 bridgehead atoms. The number of carbonyl (C=O) groups excluding carboxylic acids is 1. The Morgan fingerprint density at radius 2 is 2.00 bits per heavy atom. The number of nitrogens with one attached hydrogen (secondary N) is 1. The molecule has 108 valence electrons. The molecule has 1 saturated heterocycles. The predicted octanol–water partition coefficient (Wildman–Crippen LogP) is 1.09. The van der Waals surface area contributed by atoms with Crippen LogP contribution in [0.5, 0.6) is 0 Å². The number of para-hydroxylation sites is 1. The largest absolute Gasteiger partial charge is 0.378 e. The molecule has 20 heavy (non-hydrogen) atoms. The Labute approximate surface area is 119 Å². The van der Waals surface area contributed by atoms with Crippen molar-refractivity contribution in [2.24, 2.45) is 0 Å². The molecule has 0 unspecified atom stereocenters. The number of morpholine rings is 1. The highest BCUT2D eigenvalue weighted by molar-refractivity contribution is 5.74. The first-order valence-corrected chi connectivity index (χ1v) is 7.28. The van der Waals surface area contributed by atoms with E-state index < -0.39 is 0 Å². The number of benzene rings is 1. The number of amides is 2. The summed E-state index contributed by atoms with van der Waals surface area (Å²) in [6.07, 6.45) is 1.10. The molecule has 0 radical (unpaired) electrons. The first kappa shape index (κ1) is 13.2. The van der Waals surface area contributed by atoms with Crippen molar-refractivity contribution in [1.82, 2.24) is 10.2 Å². The van der Waals surface area contributed by atoms with Crippen LogP contribution in [0.3, 0.4) is 0 Å². The Hall–Kier alpha value is -1.75. The Morgan fingerprint density at radius 1 is 1.20 bits per heavy atom. The normalized spacial score (nSPS) is 18.0. The summed E-state index contributed by atoms with van der Waals surface area (Å²) < 4.78 is 5.24. The first-order valence-electron chi connectivity index (χ1n) is 7.28. The number of urea groups is 1. The number of carbonyl (C=O) groups is 1. The number of rotatable bonds is 3. The van der Waals surface area contributed by atoms with Gasteiger partial charge in [-0.15, -0.1) is 0 Å². The molecule has 2 heterocycles. The molecule has 0 aromatic heterocycles. The maximum absolute atomic E-state index is 12.0. The Balaban J connectivity index is 1.45. The van der Waals surface area contributed by atoms with Gasteiger partial charge in [0.1, 0.15) is 0 Å². The topological polar surface area (TPSA) is 44.8 Å². The molecule has 1 N–H and O–H groups in total. The molecule has 0 saturated carbocycles. The monoisotopic (exact) mass is 275 g/mol. The smallest absolute Gasteiger partial charge is 0.317 e. The minimum absolute atomic E-state index is 0.0285. The molecule has 0 atom stereocenters. The molecule has 5 heteroatoms. The van der Waals surface area contributed by atoms with Crippen molar-refractivity contribution in [1.29, 1.82) is 0 Å². The van der Waals surface area contributed by atoms with Gasteiger partial charge in [0.05, 0.1) is 13.2 Å². The van der Waals surface area contributed by atoms with Gasteiger partial charge in [-0.3, -0.25) is 0 Å². The highest BCUT2D eigenvalue weighted by Gasteiger charge is 2.19. The molecule has 2 aliphatic rings. The van der Waals surface area contributed by atoms with Crippen molar-refractivity contribution >= 4 is 11.7 Å². The molecule has 3 rings (SSSR count). The molecular weight excluding hydrogens is 254 g/mol. The summed E-state index contributed by atoms with van der Waals surface area (Å²) in [6, 6.07) is 8.53. The first-order chi connectivity index (χ1) is 9.84. The second-order valence-electron chi connectivity index (χ2n) is 5.20. The van der Waals surface area contributed by atoms with Gasteiger partial charge in [-0.25, -0.2) is 4.79 Å². The van der Waals surface area contributed by atoms with Gasteiger partial charge in [0.25, 0.3) is 0 Å². The molecule has 0 spiro atoms. The molecule has 1 aromatic rings. The summed E-state index contributed by atoms with van der Waals surface area (Å²) >= 11 is 0. The van der Waals surface area contributed by atoms with E-state index in [1.54, 1.807) is 0 Å². The lowest BCUT2D eigenvalue weighted by atomic mass is 10.2. The third kappa shape index (κ3) is 2.88. The van der Waals surface area contributed by atoms with Crippen LogP contribution in [0.25, 0.3) is 0 Å². The van der Waals surface area contributed by atoms with Gasteiger partial charge in [-0.2, -0.15) is 0 Å². The zero-order valence-corrected chi connectivity index (χ0v) is 11.7. The molecule has 0 aliphatic carbocycles. The van der Waals surface area contributed by atoms with Crippen molar-refractivity contribution in [3.8, 4) is 0 Å². The highest BCUT2D eigenvalue weighted by atomic mass is 16.5. The third-order valence-electron chi connectivity index (χ3n) is 3.94. The van der Waals surface area contributed by atoms with Gasteiger partial charge in [0, 0.05) is 38.4 Å². The number of anilines is 1. The molecule has 5 nitrogen and oxygen atoms in total. The van der Waals surface area contributed by atoms with E-state index in [1.165, 1.54) is 11.3 Å². The van der Waals surface area contributed by atoms with Crippen LogP contribution in [0.15, 0.2) is 24.3 Å². The number of hydrogen-bond acceptors (Lipinski definition) is 3. The fourth-order valence-corrected chi connectivity index (χ4v) is 2.81. The lowest BCUT2D eigenvalue weighted by Crippen LogP contribution is -2.47. The standard InChI is InChI=1S/C15H21N3O2/c19-15(18-9-11-20-12-10-18)16-6-8-17-7-5-13-3-1-2-4-14(13)17/h1-4H,5-12H2,(H,16,19). The van der Waals surface area contributed by atoms with Crippen LogP contribution in [0, 0.1) is 0 Å². The molecule has 2 aliphatic heterocycles. The highest BCUT2D eigenvalue weighted by Crippen LogP contribution is 2.26. The maximum atomic E-state index is 12.0. The lowest BCUT2D eigenvalue weighted by molar-refractivity contribution is 0.0533. The second kappa shape index (κ2) is 6.13. The van der Waals surface area contributed by atoms with Crippen LogP contribution in [-0.4, -0.2) is 56.9 Å². The Morgan fingerprint density at radius 3 is 2.85 bits per heavy atom. The lowest BCUT2D eigenvalue weighted by Gasteiger charge is -2.27. The Bertz CT molecular complexity index is 472. The van der Waals surface area contributed by atoms with E-state index in [0.29, 0.717) is 32.8 Å². The Kier molecular flexibility index (Phi) is 4.06. The number of nitrogens with zero attached hydrogens (tertiary/aromatic N) is 2. The van der Waals surface area contributed by atoms with E-state index in [9.17, 15) is 4.79 Å². The van der Waals surface area contributed by atoms with E-state index in [4.69, 9.17) is 4.74 Å². The predicted molar refractivity (Wildman–Crippen MR) is 78.1 cm³/mol. The van der Waals surface area contributed by atoms with Crippen molar-refractivity contribution in [2.45, 2.75) is 6.42 Å². The zero-order valence-electron chi connectivity index (χ0n) is 11.7. The molecular formula is C15H21N3O2. The van der Waals surface area contributed by atoms with E-state index in [2.05, 4.69) is 34.5 Å². The van der Waals surface area contributed by atoms with Gasteiger partial charge < -0.3 is 19.9 Å². The number of hydrogen-bond donors (Lipinski definition) is 1. The van der Waals surface area contributed by atoms with Crippen molar-refractivity contribution in [3.63, 3.8) is 0 Å². The van der Waals surface area contributed by atoms with Crippen LogP contribution in [0.4, 0.5) is 10.5 Å². The van der Waals surface area contributed by atoms with Crippen LogP contribution in [0.1, 0.15) is 5.56 Å². The summed E-state index contributed by atoms with van der Waals surface area (Å²) in [5.41, 5.74) is 2.72. The summed E-state index contributed by atoms with van der Waals surface area (Å²) in [7, 11) is 0. The van der Waals surface area contributed by atoms with Crippen LogP contribution in [-0.2, 0) is 11.2 Å². The van der Waals surface area contributed by atoms with Crippen LogP contribution < -0.4 is 10.2 Å². The van der Waals surface area contributed by atoms with Crippen molar-refractivity contribution in [3.05, 3.63) is 29.8 Å². The average Bonchev–Trinajstić information content (AvgIpc) is 2.92. The SMILES string of the molecule is O=C(NCCN1CCc2ccccc21)N1CCOCC1. The maximum Gasteiger partial charge on any atom is 0.317 e. The van der Waals surface area contributed by atoms with E-state index in [0.717, 1.165) is 19.5 Å². The third-order valence-corrected chi connectivity index (χ3v) is 3.94. The van der Waals surface area contributed by atoms with E-state index in [-0.39, 0.29) is 6.03 Å². The minimum Gasteiger partial charge on any atom is -0.378 e. The summed E-state index contributed by atoms with van der Waals surface area (Å²) in [5, 5.41) is 3.00. The summed E-state index contributed by atoms with van der Waals surface area (Å²) in [5.74, 6) is 0. The number of ether oxygens (including phenoxy) is 1. The minimum atomic E-state index is 0.0285. The van der Waals surface area contributed by atoms with Crippen molar-refractivity contribution in [2.75, 3.05) is 50.8 Å². The van der Waals surface area contributed by atoms with E-state index >= 15 is 0 Å². The van der Waals surface area contributed by atoms with Gasteiger partial charge in [0.2, 0.25) is 0 Å². The van der Waals surface area contributed by atoms with E-state index in [1.807, 2.05) is 4.90 Å². The van der Waals surface area contributed by atoms with Crippen LogP contribution >= 0.6 is 0 Å². The molecule has 2 amide bonds. The summed E-state index contributed by atoms with van der Waals surface area (Å²) in [4.78, 5) is 16.1. The second-order valence-corrected chi connectivity index (χ2v) is 5.20. The van der Waals surface area contributed by atoms with Crippen LogP contribution in [0.2, 0.25) is 0 Å². The quantitative estimate of drug-likeness (QED) is 0.898. The van der Waals surface area contributed by atoms with Gasteiger partial charge in [-0.05, 0) is 18.1 Å². The zero-order chi connectivity index (χ0) is 13.8. The molecule has 1 aromatic carbocycles. The van der Waals surface area contributed by atoms with Gasteiger partial charge >= 0.3 is 6.03 Å². The van der Waals surface area contributed by atoms with Crippen molar-refractivity contribution < 1.29 is 9.53 Å².